The molecule has 12 aromatic carbocycles. The normalized spacial score (nSPS) is 18.4. The van der Waals surface area contributed by atoms with Crippen molar-refractivity contribution in [3.05, 3.63) is 295 Å². The van der Waals surface area contributed by atoms with E-state index >= 15 is 0 Å². The fourth-order valence-corrected chi connectivity index (χ4v) is 27.7. The van der Waals surface area contributed by atoms with Crippen molar-refractivity contribution in [3.8, 4) is 91.9 Å². The Bertz CT molecular complexity index is 5640. The summed E-state index contributed by atoms with van der Waals surface area (Å²) in [6.45, 7) is 38.7. The highest BCUT2D eigenvalue weighted by Gasteiger charge is 2.50. The summed E-state index contributed by atoms with van der Waals surface area (Å²) in [5.74, 6) is 37.6. The first kappa shape index (κ1) is 103. The SMILES string of the molecule is CCCCC(CC)CC1(CC(CC)CCCC)c2ccccc2-c2ccc(C#Cc3cc(C#Cc4ccc5c(c4)C(CC(CC)CCCC)(CC(CC)CCCC)c4ccccc4-5)c4ccc5c(C#Cc6ccc7c(c6)C(CC(CC)CCCC)(CC(CC)CCCC)c6ccccc6-7)cc(C#Cc6ccc7c(c6)C(CC(CC)CCCC)(CC(CC)CCCC)c6ccccc6-7)c6ccc3c4c65)cc21. The summed E-state index contributed by atoms with van der Waals surface area (Å²) in [6, 6.07) is 82.3. The van der Waals surface area contributed by atoms with E-state index in [-0.39, 0.29) is 21.7 Å². The van der Waals surface area contributed by atoms with Crippen LogP contribution in [0.3, 0.4) is 0 Å². The molecule has 8 atom stereocenters. The van der Waals surface area contributed by atoms with Crippen molar-refractivity contribution in [2.45, 2.75) is 389 Å². The van der Waals surface area contributed by atoms with E-state index in [1.807, 2.05) is 0 Å². The molecule has 0 aromatic heterocycles. The second kappa shape index (κ2) is 47.9. The number of hydrogen-bond acceptors (Lipinski definition) is 0. The summed E-state index contributed by atoms with van der Waals surface area (Å²) >= 11 is 0. The van der Waals surface area contributed by atoms with Gasteiger partial charge < -0.3 is 0 Å². The maximum absolute atomic E-state index is 4.10. The minimum Gasteiger partial charge on any atom is -0.0654 e. The molecule has 4 aliphatic rings. The van der Waals surface area contributed by atoms with Gasteiger partial charge >= 0.3 is 0 Å². The Labute approximate surface area is 850 Å². The summed E-state index contributed by atoms with van der Waals surface area (Å²) in [4.78, 5) is 0. The van der Waals surface area contributed by atoms with Crippen molar-refractivity contribution in [2.24, 2.45) is 47.3 Å². The van der Waals surface area contributed by atoms with Gasteiger partial charge in [-0.05, 0) is 281 Å². The molecular formula is C140H170. The molecule has 730 valence electrons. The third kappa shape index (κ3) is 21.2. The summed E-state index contributed by atoms with van der Waals surface area (Å²) in [6.07, 6.45) is 48.9. The van der Waals surface area contributed by atoms with Crippen LogP contribution in [0.5, 0.6) is 0 Å². The van der Waals surface area contributed by atoms with Crippen LogP contribution in [-0.2, 0) is 21.7 Å². The highest BCUT2D eigenvalue weighted by atomic mass is 14.5. The van der Waals surface area contributed by atoms with Crippen LogP contribution >= 0.6 is 0 Å². The fourth-order valence-electron chi connectivity index (χ4n) is 27.7. The van der Waals surface area contributed by atoms with Gasteiger partial charge in [-0.2, -0.15) is 0 Å². The Morgan fingerprint density at radius 2 is 0.350 bits per heavy atom. The Morgan fingerprint density at radius 3 is 0.521 bits per heavy atom. The van der Waals surface area contributed by atoms with Crippen molar-refractivity contribution in [2.75, 3.05) is 0 Å². The van der Waals surface area contributed by atoms with Gasteiger partial charge in [-0.3, -0.25) is 0 Å². The average Bonchev–Trinajstić information content (AvgIpc) is 1.34. The summed E-state index contributed by atoms with van der Waals surface area (Å²) in [5, 5.41) is 6.93. The summed E-state index contributed by atoms with van der Waals surface area (Å²) in [7, 11) is 0. The quantitative estimate of drug-likeness (QED) is 0.0263. The van der Waals surface area contributed by atoms with Crippen molar-refractivity contribution in [1.29, 1.82) is 0 Å². The average molecular weight is 1850 g/mol. The van der Waals surface area contributed by atoms with Crippen LogP contribution in [0, 0.1) is 94.7 Å². The number of benzene rings is 12. The molecule has 4 aliphatic carbocycles. The number of rotatable bonds is 48. The maximum Gasteiger partial charge on any atom is 0.0340 e. The van der Waals surface area contributed by atoms with Gasteiger partial charge in [-0.15, -0.1) is 0 Å². The van der Waals surface area contributed by atoms with Gasteiger partial charge in [0, 0.05) is 66.2 Å². The monoisotopic (exact) mass is 1850 g/mol. The lowest BCUT2D eigenvalue weighted by Gasteiger charge is -2.38. The van der Waals surface area contributed by atoms with Gasteiger partial charge in [0.15, 0.2) is 0 Å². The minimum atomic E-state index is -0.117. The topological polar surface area (TPSA) is 0 Å². The predicted molar refractivity (Wildman–Crippen MR) is 608 cm³/mol. The molecule has 0 spiro atoms. The molecule has 140 heavy (non-hydrogen) atoms. The van der Waals surface area contributed by atoms with E-state index in [2.05, 4.69) is 364 Å². The highest BCUT2D eigenvalue weighted by Crippen LogP contribution is 2.62. The first-order chi connectivity index (χ1) is 68.6. The second-order valence-electron chi connectivity index (χ2n) is 44.5. The predicted octanol–water partition coefficient (Wildman–Crippen LogP) is 40.1. The van der Waals surface area contributed by atoms with Crippen molar-refractivity contribution >= 4 is 32.3 Å². The standard InChI is InChI=1S/C140H170/c1-17-33-49-99(25-9)91-137(92-100(26-10)50-34-18-2)127-61-45-41-57-119(127)123-77-69-107(85-131(123)137)65-73-111-89-112(74-66-108-70-78-124-120-58-42-46-62-128(120)138(132(124)86-108,93-101(27-11)51-35-19-3)94-102(28-12)52-36-20-4)116-83-84-118-114(76-68-110-72-80-126-122-60-44-48-64-130(122)140(134(126)88-110,97-105(31-15)55-39-23-7)98-106(32-16)56-40-24-8)90-113(117-82-81-115(111)135(116)136(117)118)75-67-109-71-79-125-121-59-43-47-63-129(121)139(133(125)87-109,95-103(29-13)53-37-21-5)96-104(30-14)54-38-22-6/h41-48,57-64,69-72,77-90,99-106H,17-40,49-56,91-98H2,1-16H3. The van der Waals surface area contributed by atoms with Crippen LogP contribution < -0.4 is 0 Å². The lowest BCUT2D eigenvalue weighted by atomic mass is 9.65. The molecular weight excluding hydrogens is 1680 g/mol. The van der Waals surface area contributed by atoms with Crippen LogP contribution in [0.25, 0.3) is 76.8 Å². The lowest BCUT2D eigenvalue weighted by Crippen LogP contribution is -2.31. The van der Waals surface area contributed by atoms with Crippen molar-refractivity contribution in [3.63, 3.8) is 0 Å². The Kier molecular flexibility index (Phi) is 35.2. The van der Waals surface area contributed by atoms with Crippen LogP contribution in [0.15, 0.2) is 206 Å². The fraction of sp³-hybridized carbons (Fsp3) is 0.486. The molecule has 0 saturated carbocycles. The highest BCUT2D eigenvalue weighted by molar-refractivity contribution is 6.27. The van der Waals surface area contributed by atoms with E-state index in [4.69, 9.17) is 0 Å². The molecule has 0 fully saturated rings. The Balaban J connectivity index is 0.947. The second-order valence-corrected chi connectivity index (χ2v) is 44.5. The Hall–Kier alpha value is -10.1. The third-order valence-electron chi connectivity index (χ3n) is 35.8. The van der Waals surface area contributed by atoms with Gasteiger partial charge in [-0.25, -0.2) is 0 Å². The molecule has 8 unspecified atom stereocenters. The molecule has 0 bridgehead atoms. The number of fused-ring (bicyclic) bond motifs is 12. The molecule has 12 aromatic rings. The third-order valence-corrected chi connectivity index (χ3v) is 35.8. The molecule has 0 heterocycles. The van der Waals surface area contributed by atoms with E-state index in [0.717, 1.165) is 117 Å². The zero-order chi connectivity index (χ0) is 97.9. The van der Waals surface area contributed by atoms with E-state index in [0.29, 0.717) is 47.3 Å². The summed E-state index contributed by atoms with van der Waals surface area (Å²) < 4.78 is 0. The molecule has 0 nitrogen and oxygen atoms in total. The molecule has 0 radical (unpaired) electrons. The first-order valence-corrected chi connectivity index (χ1v) is 57.4. The van der Waals surface area contributed by atoms with Crippen LogP contribution in [0.2, 0.25) is 0 Å². The molecule has 0 amide bonds. The van der Waals surface area contributed by atoms with Crippen molar-refractivity contribution in [1.82, 2.24) is 0 Å². The first-order valence-electron chi connectivity index (χ1n) is 57.4. The van der Waals surface area contributed by atoms with Gasteiger partial charge in [0.2, 0.25) is 0 Å². The van der Waals surface area contributed by atoms with Gasteiger partial charge in [0.25, 0.3) is 0 Å². The zero-order valence-electron chi connectivity index (χ0n) is 89.5. The van der Waals surface area contributed by atoms with Gasteiger partial charge in [-0.1, -0.05) is 509 Å². The van der Waals surface area contributed by atoms with E-state index in [1.165, 1.54) is 305 Å². The minimum absolute atomic E-state index is 0.117. The molecule has 0 saturated heterocycles. The van der Waals surface area contributed by atoms with E-state index < -0.39 is 0 Å². The van der Waals surface area contributed by atoms with Crippen LogP contribution in [-0.4, -0.2) is 0 Å². The van der Waals surface area contributed by atoms with Gasteiger partial charge in [0.1, 0.15) is 0 Å². The van der Waals surface area contributed by atoms with Gasteiger partial charge in [0.05, 0.1) is 0 Å². The smallest absolute Gasteiger partial charge is 0.0340 e. The summed E-state index contributed by atoms with van der Waals surface area (Å²) in [5.41, 5.74) is 31.2. The maximum atomic E-state index is 4.10. The molecule has 0 heteroatoms. The molecule has 0 aliphatic heterocycles. The molecule has 0 N–H and O–H groups in total. The Morgan fingerprint density at radius 1 is 0.179 bits per heavy atom. The van der Waals surface area contributed by atoms with E-state index in [1.54, 1.807) is 0 Å². The number of hydrogen-bond donors (Lipinski definition) is 0. The van der Waals surface area contributed by atoms with Crippen LogP contribution in [0.4, 0.5) is 0 Å². The van der Waals surface area contributed by atoms with Crippen molar-refractivity contribution < 1.29 is 0 Å². The zero-order valence-corrected chi connectivity index (χ0v) is 89.5. The lowest BCUT2D eigenvalue weighted by molar-refractivity contribution is 0.266. The molecule has 16 rings (SSSR count). The number of unbranched alkanes of at least 4 members (excludes halogenated alkanes) is 8. The largest absolute Gasteiger partial charge is 0.0654 e. The van der Waals surface area contributed by atoms with Crippen LogP contribution in [0.1, 0.15) is 457 Å². The van der Waals surface area contributed by atoms with E-state index in [9.17, 15) is 0 Å².